The SMILES string of the molecule is CC.CC(Nc1ncnc2sccc12)c1ccc(-c2nnn(CCCl)n2)cc1. The van der Waals surface area contributed by atoms with Gasteiger partial charge in [-0.2, -0.15) is 4.80 Å². The number of hydrogen-bond donors (Lipinski definition) is 1. The summed E-state index contributed by atoms with van der Waals surface area (Å²) in [6.07, 6.45) is 1.59. The molecule has 0 aliphatic rings. The first-order chi connectivity index (χ1) is 13.7. The number of fused-ring (bicyclic) bond motifs is 1. The largest absolute Gasteiger partial charge is 0.363 e. The molecule has 9 heteroatoms. The maximum Gasteiger partial charge on any atom is 0.204 e. The van der Waals surface area contributed by atoms with Gasteiger partial charge in [-0.3, -0.25) is 0 Å². The molecule has 0 fully saturated rings. The van der Waals surface area contributed by atoms with Crippen molar-refractivity contribution in [2.75, 3.05) is 11.2 Å². The molecule has 0 saturated carbocycles. The van der Waals surface area contributed by atoms with E-state index in [-0.39, 0.29) is 6.04 Å². The highest BCUT2D eigenvalue weighted by molar-refractivity contribution is 7.16. The number of aromatic nitrogens is 6. The summed E-state index contributed by atoms with van der Waals surface area (Å²) in [7, 11) is 0. The monoisotopic (exact) mass is 415 g/mol. The van der Waals surface area contributed by atoms with Crippen LogP contribution in [0.4, 0.5) is 5.82 Å². The number of nitrogens with zero attached hydrogens (tertiary/aromatic N) is 6. The van der Waals surface area contributed by atoms with Gasteiger partial charge < -0.3 is 5.32 Å². The summed E-state index contributed by atoms with van der Waals surface area (Å²) in [5, 5.41) is 18.9. The van der Waals surface area contributed by atoms with E-state index in [1.54, 1.807) is 17.7 Å². The Morgan fingerprint density at radius 1 is 1.14 bits per heavy atom. The van der Waals surface area contributed by atoms with E-state index >= 15 is 0 Å². The van der Waals surface area contributed by atoms with Crippen LogP contribution in [0.5, 0.6) is 0 Å². The molecular weight excluding hydrogens is 394 g/mol. The number of nitrogens with one attached hydrogen (secondary N) is 1. The summed E-state index contributed by atoms with van der Waals surface area (Å²) >= 11 is 7.31. The first-order valence-corrected chi connectivity index (χ1v) is 10.5. The molecule has 1 unspecified atom stereocenters. The molecule has 4 rings (SSSR count). The molecule has 1 N–H and O–H groups in total. The van der Waals surface area contributed by atoms with Gasteiger partial charge in [-0.1, -0.05) is 38.1 Å². The maximum absolute atomic E-state index is 5.70. The summed E-state index contributed by atoms with van der Waals surface area (Å²) in [5.41, 5.74) is 2.06. The van der Waals surface area contributed by atoms with Crippen LogP contribution in [0.1, 0.15) is 32.4 Å². The fraction of sp³-hybridized carbons (Fsp3) is 0.316. The molecule has 4 aromatic rings. The minimum absolute atomic E-state index is 0.0990. The summed E-state index contributed by atoms with van der Waals surface area (Å²) in [4.78, 5) is 11.1. The Kier molecular flexibility index (Phi) is 6.89. The van der Waals surface area contributed by atoms with E-state index in [1.807, 2.05) is 37.4 Å². The minimum atomic E-state index is 0.0990. The van der Waals surface area contributed by atoms with Crippen LogP contribution in [0.25, 0.3) is 21.6 Å². The van der Waals surface area contributed by atoms with Crippen LogP contribution >= 0.6 is 22.9 Å². The zero-order valence-electron chi connectivity index (χ0n) is 16.0. The van der Waals surface area contributed by atoms with Crippen molar-refractivity contribution < 1.29 is 0 Å². The number of hydrogen-bond acceptors (Lipinski definition) is 7. The highest BCUT2D eigenvalue weighted by Gasteiger charge is 2.11. The molecule has 3 heterocycles. The van der Waals surface area contributed by atoms with Gasteiger partial charge >= 0.3 is 0 Å². The predicted molar refractivity (Wildman–Crippen MR) is 115 cm³/mol. The first kappa shape index (κ1) is 20.2. The van der Waals surface area contributed by atoms with Crippen molar-refractivity contribution in [3.05, 3.63) is 47.6 Å². The Balaban J connectivity index is 0.00000109. The van der Waals surface area contributed by atoms with Gasteiger partial charge in [0.15, 0.2) is 0 Å². The van der Waals surface area contributed by atoms with Crippen LogP contribution in [-0.2, 0) is 6.54 Å². The van der Waals surface area contributed by atoms with Gasteiger partial charge in [0.05, 0.1) is 11.9 Å². The van der Waals surface area contributed by atoms with Gasteiger partial charge in [0.1, 0.15) is 17.0 Å². The van der Waals surface area contributed by atoms with Crippen molar-refractivity contribution >= 4 is 39.0 Å². The number of thiophene rings is 1. The molecule has 146 valence electrons. The number of benzene rings is 1. The molecule has 1 aromatic carbocycles. The third-order valence-corrected chi connectivity index (χ3v) is 5.01. The second-order valence-corrected chi connectivity index (χ2v) is 7.02. The Morgan fingerprint density at radius 3 is 2.68 bits per heavy atom. The lowest BCUT2D eigenvalue weighted by Crippen LogP contribution is -2.08. The zero-order valence-corrected chi connectivity index (χ0v) is 17.6. The van der Waals surface area contributed by atoms with Crippen molar-refractivity contribution in [1.29, 1.82) is 0 Å². The molecule has 1 atom stereocenters. The van der Waals surface area contributed by atoms with E-state index in [1.165, 1.54) is 4.80 Å². The predicted octanol–water partition coefficient (Wildman–Crippen LogP) is 4.78. The van der Waals surface area contributed by atoms with Crippen LogP contribution < -0.4 is 5.32 Å². The Bertz CT molecular complexity index is 1010. The fourth-order valence-electron chi connectivity index (χ4n) is 2.64. The summed E-state index contributed by atoms with van der Waals surface area (Å²) in [6.45, 7) is 6.65. The van der Waals surface area contributed by atoms with Gasteiger partial charge in [0.25, 0.3) is 0 Å². The number of tetrazole rings is 1. The number of anilines is 1. The third-order valence-electron chi connectivity index (χ3n) is 4.02. The van der Waals surface area contributed by atoms with Crippen LogP contribution in [-0.4, -0.2) is 36.1 Å². The summed E-state index contributed by atoms with van der Waals surface area (Å²) in [5.74, 6) is 1.90. The lowest BCUT2D eigenvalue weighted by Gasteiger charge is -2.15. The van der Waals surface area contributed by atoms with Crippen LogP contribution in [0.2, 0.25) is 0 Å². The smallest absolute Gasteiger partial charge is 0.204 e. The second kappa shape index (κ2) is 9.57. The zero-order chi connectivity index (χ0) is 19.9. The summed E-state index contributed by atoms with van der Waals surface area (Å²) in [6, 6.07) is 10.2. The van der Waals surface area contributed by atoms with Crippen molar-refractivity contribution in [2.24, 2.45) is 0 Å². The number of halogens is 1. The molecule has 28 heavy (non-hydrogen) atoms. The molecular formula is C19H22ClN7S. The fourth-order valence-corrected chi connectivity index (χ4v) is 3.53. The molecule has 0 aliphatic heterocycles. The van der Waals surface area contributed by atoms with E-state index in [0.717, 1.165) is 27.2 Å². The minimum Gasteiger partial charge on any atom is -0.363 e. The second-order valence-electron chi connectivity index (χ2n) is 5.75. The molecule has 0 radical (unpaired) electrons. The van der Waals surface area contributed by atoms with E-state index in [9.17, 15) is 0 Å². The number of aryl methyl sites for hydroxylation is 1. The first-order valence-electron chi connectivity index (χ1n) is 9.13. The Labute approximate surface area is 172 Å². The van der Waals surface area contributed by atoms with Crippen LogP contribution in [0.15, 0.2) is 42.0 Å². The average molecular weight is 416 g/mol. The van der Waals surface area contributed by atoms with Crippen molar-refractivity contribution in [1.82, 2.24) is 30.2 Å². The Morgan fingerprint density at radius 2 is 1.93 bits per heavy atom. The van der Waals surface area contributed by atoms with Gasteiger partial charge in [-0.15, -0.1) is 33.1 Å². The van der Waals surface area contributed by atoms with E-state index in [2.05, 4.69) is 49.8 Å². The topological polar surface area (TPSA) is 81.4 Å². The van der Waals surface area contributed by atoms with Crippen molar-refractivity contribution in [3.8, 4) is 11.4 Å². The lowest BCUT2D eigenvalue weighted by molar-refractivity contribution is 0.556. The van der Waals surface area contributed by atoms with Gasteiger partial charge in [0.2, 0.25) is 5.82 Å². The van der Waals surface area contributed by atoms with Crippen molar-refractivity contribution in [2.45, 2.75) is 33.4 Å². The van der Waals surface area contributed by atoms with E-state index < -0.39 is 0 Å². The highest BCUT2D eigenvalue weighted by atomic mass is 35.5. The average Bonchev–Trinajstić information content (AvgIpc) is 3.40. The normalized spacial score (nSPS) is 11.7. The molecule has 3 aromatic heterocycles. The number of rotatable bonds is 6. The summed E-state index contributed by atoms with van der Waals surface area (Å²) < 4.78 is 0. The molecule has 0 spiro atoms. The Hall–Kier alpha value is -2.58. The van der Waals surface area contributed by atoms with Gasteiger partial charge in [0, 0.05) is 17.5 Å². The molecule has 0 amide bonds. The van der Waals surface area contributed by atoms with E-state index in [4.69, 9.17) is 11.6 Å². The molecule has 0 bridgehead atoms. The van der Waals surface area contributed by atoms with Crippen molar-refractivity contribution in [3.63, 3.8) is 0 Å². The molecule has 0 aliphatic carbocycles. The standard InChI is InChI=1S/C17H16ClN7S.C2H6/c1-11(21-16-14-6-9-26-17(14)20-10-19-16)12-2-4-13(5-3-12)15-22-24-25(23-15)8-7-18;1-2/h2-6,9-11H,7-8H2,1H3,(H,19,20,21);1-2H3. The van der Waals surface area contributed by atoms with Gasteiger partial charge in [-0.05, 0) is 29.1 Å². The van der Waals surface area contributed by atoms with Crippen LogP contribution in [0, 0.1) is 0 Å². The molecule has 7 nitrogen and oxygen atoms in total. The quantitative estimate of drug-likeness (QED) is 0.456. The lowest BCUT2D eigenvalue weighted by atomic mass is 10.1. The number of alkyl halides is 1. The van der Waals surface area contributed by atoms with Crippen LogP contribution in [0.3, 0.4) is 0 Å². The van der Waals surface area contributed by atoms with Gasteiger partial charge in [-0.25, -0.2) is 9.97 Å². The third kappa shape index (κ3) is 4.45. The maximum atomic E-state index is 5.70. The molecule has 0 saturated heterocycles. The van der Waals surface area contributed by atoms with E-state index in [0.29, 0.717) is 18.2 Å². The highest BCUT2D eigenvalue weighted by Crippen LogP contribution is 2.27.